The topological polar surface area (TPSA) is 46.6 Å². The summed E-state index contributed by atoms with van der Waals surface area (Å²) in [5, 5.41) is 2.02. The molecule has 0 saturated heterocycles. The third-order valence-electron chi connectivity index (χ3n) is 4.74. The average Bonchev–Trinajstić information content (AvgIpc) is 2.89. The Labute approximate surface area is 168 Å². The van der Waals surface area contributed by atoms with Crippen LogP contribution in [0.5, 0.6) is 0 Å². The van der Waals surface area contributed by atoms with Crippen LogP contribution < -0.4 is 4.90 Å². The fourth-order valence-electron chi connectivity index (χ4n) is 3.51. The van der Waals surface area contributed by atoms with Gasteiger partial charge in [0.25, 0.3) is 5.91 Å². The largest absolute Gasteiger partial charge is 0.443 e. The number of carbonyl (C=O) groups excluding carboxylic acids is 2. The van der Waals surface area contributed by atoms with Crippen molar-refractivity contribution in [2.24, 2.45) is 0 Å². The number of hydrogen-bond acceptors (Lipinski definition) is 3. The van der Waals surface area contributed by atoms with Crippen LogP contribution in [-0.2, 0) is 14.4 Å². The molecule has 142 valence electrons. The molecule has 1 atom stereocenters. The summed E-state index contributed by atoms with van der Waals surface area (Å²) in [6, 6.07) is 20.6. The molecule has 1 unspecified atom stereocenters. The summed E-state index contributed by atoms with van der Waals surface area (Å²) in [5.74, 6) is -0.528. The molecule has 3 aromatic rings. The van der Waals surface area contributed by atoms with E-state index < -0.39 is 22.5 Å². The maximum atomic E-state index is 13.4. The van der Waals surface area contributed by atoms with E-state index >= 15 is 0 Å². The summed E-state index contributed by atoms with van der Waals surface area (Å²) in [7, 11) is 0. The van der Waals surface area contributed by atoms with Gasteiger partial charge < -0.3 is 4.74 Å². The minimum atomic E-state index is -1.49. The standard InChI is InChI=1S/C23H20ClNO3/c1-22(2,3)28-21(27)25-19-11-7-6-10-18(19)23(24,20(25)26)17-13-12-15-8-4-5-9-16(15)14-17/h4-14H,1-3H3. The molecule has 3 aromatic carbocycles. The van der Waals surface area contributed by atoms with Gasteiger partial charge in [-0.2, -0.15) is 0 Å². The third kappa shape index (κ3) is 2.85. The van der Waals surface area contributed by atoms with Crippen LogP contribution in [0.1, 0.15) is 31.9 Å². The fourth-order valence-corrected chi connectivity index (χ4v) is 3.87. The van der Waals surface area contributed by atoms with Gasteiger partial charge in [-0.1, -0.05) is 66.2 Å². The second-order valence-corrected chi connectivity index (χ2v) is 8.43. The quantitative estimate of drug-likeness (QED) is 0.505. The van der Waals surface area contributed by atoms with Gasteiger partial charge in [0.15, 0.2) is 4.87 Å². The van der Waals surface area contributed by atoms with Crippen LogP contribution in [0, 0.1) is 0 Å². The van der Waals surface area contributed by atoms with Gasteiger partial charge in [-0.15, -0.1) is 0 Å². The molecule has 1 aliphatic rings. The molecule has 0 aromatic heterocycles. The first-order valence-electron chi connectivity index (χ1n) is 9.07. The number of imide groups is 1. The highest BCUT2D eigenvalue weighted by Crippen LogP contribution is 2.49. The summed E-state index contributed by atoms with van der Waals surface area (Å²) < 4.78 is 5.46. The molecule has 0 fully saturated rings. The first kappa shape index (κ1) is 18.5. The van der Waals surface area contributed by atoms with E-state index in [1.54, 1.807) is 39.0 Å². The molecule has 0 radical (unpaired) electrons. The second kappa shape index (κ2) is 6.35. The van der Waals surface area contributed by atoms with Crippen LogP contribution in [0.2, 0.25) is 0 Å². The minimum Gasteiger partial charge on any atom is -0.443 e. The predicted molar refractivity (Wildman–Crippen MR) is 111 cm³/mol. The molecule has 4 rings (SSSR count). The number of amides is 2. The summed E-state index contributed by atoms with van der Waals surface area (Å²) in [6.07, 6.45) is -0.728. The van der Waals surface area contributed by atoms with Gasteiger partial charge >= 0.3 is 6.09 Å². The van der Waals surface area contributed by atoms with Gasteiger partial charge in [0.2, 0.25) is 0 Å². The number of halogens is 1. The van der Waals surface area contributed by atoms with Gasteiger partial charge in [0.05, 0.1) is 5.69 Å². The Morgan fingerprint density at radius 1 is 0.964 bits per heavy atom. The lowest BCUT2D eigenvalue weighted by Crippen LogP contribution is -2.43. The first-order valence-corrected chi connectivity index (χ1v) is 9.45. The van der Waals surface area contributed by atoms with E-state index in [1.807, 2.05) is 48.5 Å². The second-order valence-electron chi connectivity index (χ2n) is 7.86. The monoisotopic (exact) mass is 393 g/mol. The number of para-hydroxylation sites is 1. The van der Waals surface area contributed by atoms with Gasteiger partial charge in [0.1, 0.15) is 5.60 Å². The Balaban J connectivity index is 1.87. The number of alkyl halides is 1. The smallest absolute Gasteiger partial charge is 0.421 e. The predicted octanol–water partition coefficient (Wildman–Crippen LogP) is 5.60. The Morgan fingerprint density at radius 2 is 1.61 bits per heavy atom. The molecule has 0 spiro atoms. The SMILES string of the molecule is CC(C)(C)OC(=O)N1C(=O)C(Cl)(c2ccc3ccccc3c2)c2ccccc21. The summed E-state index contributed by atoms with van der Waals surface area (Å²) in [5.41, 5.74) is 0.913. The molecule has 1 aliphatic heterocycles. The van der Waals surface area contributed by atoms with Crippen molar-refractivity contribution in [1.82, 2.24) is 0 Å². The molecule has 28 heavy (non-hydrogen) atoms. The van der Waals surface area contributed by atoms with E-state index in [-0.39, 0.29) is 0 Å². The van der Waals surface area contributed by atoms with Crippen LogP contribution in [0.3, 0.4) is 0 Å². The molecular formula is C23H20ClNO3. The Bertz CT molecular complexity index is 1100. The van der Waals surface area contributed by atoms with E-state index in [4.69, 9.17) is 16.3 Å². The number of rotatable bonds is 1. The first-order chi connectivity index (χ1) is 13.2. The van der Waals surface area contributed by atoms with Crippen LogP contribution in [0.4, 0.5) is 10.5 Å². The van der Waals surface area contributed by atoms with E-state index in [0.717, 1.165) is 15.7 Å². The van der Waals surface area contributed by atoms with Crippen molar-refractivity contribution in [1.29, 1.82) is 0 Å². The van der Waals surface area contributed by atoms with Crippen LogP contribution in [0.15, 0.2) is 66.7 Å². The van der Waals surface area contributed by atoms with Crippen LogP contribution in [0.25, 0.3) is 10.8 Å². The molecule has 5 heteroatoms. The summed E-state index contributed by atoms with van der Waals surface area (Å²) in [6.45, 7) is 5.28. The normalized spacial score (nSPS) is 19.0. The van der Waals surface area contributed by atoms with Crippen LogP contribution in [-0.4, -0.2) is 17.6 Å². The zero-order chi connectivity index (χ0) is 20.1. The zero-order valence-corrected chi connectivity index (χ0v) is 16.7. The highest BCUT2D eigenvalue weighted by atomic mass is 35.5. The van der Waals surface area contributed by atoms with Crippen molar-refractivity contribution in [2.45, 2.75) is 31.2 Å². The van der Waals surface area contributed by atoms with Gasteiger partial charge in [-0.3, -0.25) is 4.79 Å². The highest BCUT2D eigenvalue weighted by molar-refractivity contribution is 6.44. The molecule has 4 nitrogen and oxygen atoms in total. The lowest BCUT2D eigenvalue weighted by molar-refractivity contribution is -0.119. The fraction of sp³-hybridized carbons (Fsp3) is 0.217. The number of anilines is 1. The highest BCUT2D eigenvalue weighted by Gasteiger charge is 2.54. The van der Waals surface area contributed by atoms with Gasteiger partial charge in [-0.25, -0.2) is 9.69 Å². The van der Waals surface area contributed by atoms with Crippen molar-refractivity contribution in [3.63, 3.8) is 0 Å². The van der Waals surface area contributed by atoms with E-state index in [1.165, 1.54) is 0 Å². The molecule has 1 heterocycles. The van der Waals surface area contributed by atoms with Crippen molar-refractivity contribution < 1.29 is 14.3 Å². The number of nitrogens with zero attached hydrogens (tertiary/aromatic N) is 1. The number of benzene rings is 3. The number of fused-ring (bicyclic) bond motifs is 2. The van der Waals surface area contributed by atoms with Crippen LogP contribution >= 0.6 is 11.6 Å². The van der Waals surface area contributed by atoms with Gasteiger partial charge in [-0.05, 0) is 49.2 Å². The molecule has 0 N–H and O–H groups in total. The van der Waals surface area contributed by atoms with E-state index in [9.17, 15) is 9.59 Å². The Morgan fingerprint density at radius 3 is 2.32 bits per heavy atom. The Hall–Kier alpha value is -2.85. The average molecular weight is 394 g/mol. The molecule has 0 bridgehead atoms. The maximum Gasteiger partial charge on any atom is 0.421 e. The van der Waals surface area contributed by atoms with Crippen molar-refractivity contribution in [3.8, 4) is 0 Å². The van der Waals surface area contributed by atoms with Crippen molar-refractivity contribution in [2.75, 3.05) is 4.90 Å². The molecular weight excluding hydrogens is 374 g/mol. The Kier molecular flexibility index (Phi) is 4.20. The third-order valence-corrected chi connectivity index (χ3v) is 5.32. The lowest BCUT2D eigenvalue weighted by Gasteiger charge is -2.25. The van der Waals surface area contributed by atoms with E-state index in [2.05, 4.69) is 0 Å². The molecule has 2 amide bonds. The number of ether oxygens (including phenoxy) is 1. The van der Waals surface area contributed by atoms with E-state index in [0.29, 0.717) is 16.8 Å². The van der Waals surface area contributed by atoms with Crippen molar-refractivity contribution in [3.05, 3.63) is 77.9 Å². The minimum absolute atomic E-state index is 0.449. The molecule has 0 aliphatic carbocycles. The zero-order valence-electron chi connectivity index (χ0n) is 15.9. The number of hydrogen-bond donors (Lipinski definition) is 0. The molecule has 0 saturated carbocycles. The number of carbonyl (C=O) groups is 2. The van der Waals surface area contributed by atoms with Crippen molar-refractivity contribution >= 4 is 40.1 Å². The summed E-state index contributed by atoms with van der Waals surface area (Å²) in [4.78, 5) is 25.8. The van der Waals surface area contributed by atoms with Gasteiger partial charge in [0, 0.05) is 5.56 Å². The maximum absolute atomic E-state index is 13.4. The summed E-state index contributed by atoms with van der Waals surface area (Å²) >= 11 is 6.99. The lowest BCUT2D eigenvalue weighted by atomic mass is 9.90.